The Morgan fingerprint density at radius 1 is 1.17 bits per heavy atom. The molecule has 0 aromatic heterocycles. The maximum absolute atomic E-state index is 13.2. The first-order chi connectivity index (χ1) is 11.5. The second kappa shape index (κ2) is 8.28. The molecule has 2 rings (SSSR count). The topological polar surface area (TPSA) is 55.8 Å². The molecule has 1 aliphatic rings. The molecule has 0 radical (unpaired) electrons. The Kier molecular flexibility index (Phi) is 6.62. The molecule has 0 aliphatic carbocycles. The molecule has 134 valence electrons. The van der Waals surface area contributed by atoms with E-state index in [0.29, 0.717) is 6.54 Å². The molecular weight excluding hydrogens is 325 g/mol. The van der Waals surface area contributed by atoms with Crippen LogP contribution in [-0.2, 0) is 18.4 Å². The van der Waals surface area contributed by atoms with Crippen molar-refractivity contribution in [2.75, 3.05) is 19.8 Å². The molecule has 1 fully saturated rings. The average molecular weight is 353 g/mol. The van der Waals surface area contributed by atoms with Gasteiger partial charge >= 0.3 is 7.60 Å². The number of amides is 1. The first-order valence-electron chi connectivity index (χ1n) is 8.72. The fraction of sp³-hybridized carbons (Fsp3) is 0.611. The van der Waals surface area contributed by atoms with Gasteiger partial charge in [-0.05, 0) is 32.3 Å². The Hall–Kier alpha value is -1.16. The van der Waals surface area contributed by atoms with Crippen molar-refractivity contribution in [1.82, 2.24) is 4.90 Å². The highest BCUT2D eigenvalue weighted by Gasteiger charge is 2.53. The quantitative estimate of drug-likeness (QED) is 0.656. The summed E-state index contributed by atoms with van der Waals surface area (Å²) in [5, 5.41) is 0. The van der Waals surface area contributed by atoms with Crippen molar-refractivity contribution < 1.29 is 18.4 Å². The SMILES string of the molecule is CCOP(=O)(OCC)[C@H]1C(=O)N([C@H](C)c2ccccc2)C[C@@H]1CC. The molecule has 3 atom stereocenters. The monoisotopic (exact) mass is 353 g/mol. The summed E-state index contributed by atoms with van der Waals surface area (Å²) >= 11 is 0. The molecule has 1 heterocycles. The lowest BCUT2D eigenvalue weighted by Gasteiger charge is -2.27. The third-order valence-corrected chi connectivity index (χ3v) is 7.21. The van der Waals surface area contributed by atoms with Crippen LogP contribution < -0.4 is 0 Å². The lowest BCUT2D eigenvalue weighted by atomic mass is 10.1. The maximum Gasteiger partial charge on any atom is 0.343 e. The zero-order valence-corrected chi connectivity index (χ0v) is 15.9. The Morgan fingerprint density at radius 3 is 2.25 bits per heavy atom. The minimum absolute atomic E-state index is 0.0207. The normalized spacial score (nSPS) is 22.8. The van der Waals surface area contributed by atoms with Gasteiger partial charge in [0.1, 0.15) is 5.66 Å². The van der Waals surface area contributed by atoms with E-state index in [1.54, 1.807) is 13.8 Å². The lowest BCUT2D eigenvalue weighted by Crippen LogP contribution is -2.32. The summed E-state index contributed by atoms with van der Waals surface area (Å²) in [6.07, 6.45) is 0.762. The lowest BCUT2D eigenvalue weighted by molar-refractivity contribution is -0.129. The standard InChI is InChI=1S/C18H28NO4P/c1-5-15-13-19(14(4)16-11-9-8-10-12-16)18(20)17(15)24(21,22-6-2)23-7-3/h8-12,14-15,17H,5-7,13H2,1-4H3/t14-,15+,17-/m1/s1. The van der Waals surface area contributed by atoms with Crippen LogP contribution in [0.2, 0.25) is 0 Å². The van der Waals surface area contributed by atoms with Crippen molar-refractivity contribution in [1.29, 1.82) is 0 Å². The smallest absolute Gasteiger partial charge is 0.335 e. The predicted molar refractivity (Wildman–Crippen MR) is 95.0 cm³/mol. The average Bonchev–Trinajstić information content (AvgIpc) is 2.92. The van der Waals surface area contributed by atoms with Gasteiger partial charge < -0.3 is 13.9 Å². The van der Waals surface area contributed by atoms with Crippen LogP contribution in [0, 0.1) is 5.92 Å². The molecule has 0 saturated carbocycles. The number of benzene rings is 1. The van der Waals surface area contributed by atoms with Gasteiger partial charge in [-0.2, -0.15) is 0 Å². The highest BCUT2D eigenvalue weighted by molar-refractivity contribution is 7.55. The van der Waals surface area contributed by atoms with Crippen molar-refractivity contribution in [3.05, 3.63) is 35.9 Å². The molecule has 1 aliphatic heterocycles. The van der Waals surface area contributed by atoms with Crippen molar-refractivity contribution in [2.45, 2.75) is 45.8 Å². The van der Waals surface area contributed by atoms with Crippen molar-refractivity contribution in [2.24, 2.45) is 5.92 Å². The van der Waals surface area contributed by atoms with Crippen LogP contribution in [0.4, 0.5) is 0 Å². The number of nitrogens with zero attached hydrogens (tertiary/aromatic N) is 1. The molecular formula is C18H28NO4P. The fourth-order valence-corrected chi connectivity index (χ4v) is 5.73. The van der Waals surface area contributed by atoms with Gasteiger partial charge in [0, 0.05) is 6.54 Å². The first-order valence-corrected chi connectivity index (χ1v) is 10.3. The van der Waals surface area contributed by atoms with Crippen molar-refractivity contribution in [3.8, 4) is 0 Å². The van der Waals surface area contributed by atoms with E-state index in [4.69, 9.17) is 9.05 Å². The summed E-state index contributed by atoms with van der Waals surface area (Å²) in [7, 11) is -3.46. The molecule has 1 amide bonds. The molecule has 1 aromatic rings. The number of rotatable bonds is 8. The Labute approximate surface area is 144 Å². The van der Waals surface area contributed by atoms with Crippen LogP contribution in [0.25, 0.3) is 0 Å². The minimum Gasteiger partial charge on any atom is -0.335 e. The Morgan fingerprint density at radius 2 is 1.75 bits per heavy atom. The van der Waals surface area contributed by atoms with Crippen LogP contribution in [-0.4, -0.2) is 36.2 Å². The summed E-state index contributed by atoms with van der Waals surface area (Å²) in [5.41, 5.74) is 0.373. The maximum atomic E-state index is 13.2. The number of likely N-dealkylation sites (tertiary alicyclic amines) is 1. The van der Waals surface area contributed by atoms with E-state index >= 15 is 0 Å². The molecule has 6 heteroatoms. The molecule has 0 spiro atoms. The summed E-state index contributed by atoms with van der Waals surface area (Å²) in [5.74, 6) is -0.143. The second-order valence-electron chi connectivity index (χ2n) is 6.07. The molecule has 0 N–H and O–H groups in total. The van der Waals surface area contributed by atoms with Crippen LogP contribution in [0.3, 0.4) is 0 Å². The molecule has 1 aromatic carbocycles. The van der Waals surface area contributed by atoms with Crippen LogP contribution in [0.5, 0.6) is 0 Å². The van der Waals surface area contributed by atoms with Gasteiger partial charge in [-0.25, -0.2) is 0 Å². The van der Waals surface area contributed by atoms with Gasteiger partial charge in [-0.1, -0.05) is 43.7 Å². The Bertz CT molecular complexity index is 582. The molecule has 0 bridgehead atoms. The molecule has 24 heavy (non-hydrogen) atoms. The third-order valence-electron chi connectivity index (χ3n) is 4.65. The van der Waals surface area contributed by atoms with Crippen LogP contribution in [0.1, 0.15) is 45.7 Å². The highest BCUT2D eigenvalue weighted by atomic mass is 31.2. The Balaban J connectivity index is 2.30. The zero-order chi connectivity index (χ0) is 17.7. The summed E-state index contributed by atoms with van der Waals surface area (Å²) in [6, 6.07) is 9.85. The summed E-state index contributed by atoms with van der Waals surface area (Å²) in [6.45, 7) is 8.70. The summed E-state index contributed by atoms with van der Waals surface area (Å²) in [4.78, 5) is 14.9. The third kappa shape index (κ3) is 3.74. The van der Waals surface area contributed by atoms with Crippen molar-refractivity contribution in [3.63, 3.8) is 0 Å². The predicted octanol–water partition coefficient (Wildman–Crippen LogP) is 4.25. The van der Waals surface area contributed by atoms with E-state index in [2.05, 4.69) is 0 Å². The van der Waals surface area contributed by atoms with Gasteiger partial charge in [0.15, 0.2) is 0 Å². The zero-order valence-electron chi connectivity index (χ0n) is 15.0. The van der Waals surface area contributed by atoms with Gasteiger partial charge in [0.25, 0.3) is 0 Å². The van der Waals surface area contributed by atoms with E-state index in [9.17, 15) is 9.36 Å². The first kappa shape index (κ1) is 19.2. The van der Waals surface area contributed by atoms with Crippen LogP contribution in [0.15, 0.2) is 30.3 Å². The van der Waals surface area contributed by atoms with E-state index in [0.717, 1.165) is 12.0 Å². The number of hydrogen-bond acceptors (Lipinski definition) is 4. The van der Waals surface area contributed by atoms with Gasteiger partial charge in [-0.15, -0.1) is 0 Å². The number of carbonyl (C=O) groups is 1. The van der Waals surface area contributed by atoms with E-state index in [1.807, 2.05) is 49.1 Å². The largest absolute Gasteiger partial charge is 0.343 e. The minimum atomic E-state index is -3.46. The van der Waals surface area contributed by atoms with Gasteiger partial charge in [-0.3, -0.25) is 9.36 Å². The fourth-order valence-electron chi connectivity index (χ4n) is 3.38. The molecule has 1 saturated heterocycles. The molecule has 0 unspecified atom stereocenters. The number of carbonyl (C=O) groups excluding carboxylic acids is 1. The van der Waals surface area contributed by atoms with Gasteiger partial charge in [0.2, 0.25) is 5.91 Å². The van der Waals surface area contributed by atoms with E-state index in [1.165, 1.54) is 0 Å². The van der Waals surface area contributed by atoms with E-state index in [-0.39, 0.29) is 31.1 Å². The van der Waals surface area contributed by atoms with Crippen LogP contribution >= 0.6 is 7.60 Å². The second-order valence-corrected chi connectivity index (χ2v) is 8.22. The number of hydrogen-bond donors (Lipinski definition) is 0. The highest BCUT2D eigenvalue weighted by Crippen LogP contribution is 2.59. The van der Waals surface area contributed by atoms with E-state index < -0.39 is 13.3 Å². The molecule has 5 nitrogen and oxygen atoms in total. The van der Waals surface area contributed by atoms with Crippen molar-refractivity contribution >= 4 is 13.5 Å². The summed E-state index contributed by atoms with van der Waals surface area (Å²) < 4.78 is 24.2. The van der Waals surface area contributed by atoms with Gasteiger partial charge in [0.05, 0.1) is 19.3 Å².